The van der Waals surface area contributed by atoms with Crippen LogP contribution in [0.3, 0.4) is 0 Å². The van der Waals surface area contributed by atoms with E-state index in [4.69, 9.17) is 18.6 Å². The van der Waals surface area contributed by atoms with Crippen LogP contribution in [0.15, 0.2) is 12.1 Å². The Morgan fingerprint density at radius 2 is 2.03 bits per heavy atom. The van der Waals surface area contributed by atoms with Gasteiger partial charge in [-0.25, -0.2) is 4.79 Å². The van der Waals surface area contributed by atoms with E-state index in [1.807, 2.05) is 13.1 Å². The second-order valence-electron chi connectivity index (χ2n) is 11.7. The minimum atomic E-state index is -2.11. The van der Waals surface area contributed by atoms with Crippen LogP contribution >= 0.6 is 0 Å². The van der Waals surface area contributed by atoms with Crippen molar-refractivity contribution in [3.63, 3.8) is 0 Å². The largest absolute Gasteiger partial charge is 0.493 e. The van der Waals surface area contributed by atoms with Crippen molar-refractivity contribution in [2.24, 2.45) is 0 Å². The predicted molar refractivity (Wildman–Crippen MR) is 127 cm³/mol. The van der Waals surface area contributed by atoms with Gasteiger partial charge in [0, 0.05) is 19.2 Å². The van der Waals surface area contributed by atoms with Crippen molar-refractivity contribution in [2.75, 3.05) is 20.8 Å². The molecule has 2 fully saturated rings. The van der Waals surface area contributed by atoms with Crippen LogP contribution in [0.2, 0.25) is 18.1 Å². The molecule has 33 heavy (non-hydrogen) atoms. The number of carbonyl (C=O) groups is 1. The Hall–Kier alpha value is -1.77. The molecule has 1 saturated carbocycles. The smallest absolute Gasteiger partial charge is 0.410 e. The zero-order chi connectivity index (χ0) is 24.0. The van der Waals surface area contributed by atoms with Crippen LogP contribution in [-0.4, -0.2) is 69.0 Å². The maximum Gasteiger partial charge on any atom is 0.410 e. The molecule has 8 heteroatoms. The Balaban J connectivity index is 1.72. The molecule has 1 N–H and O–H groups in total. The molecule has 7 nitrogen and oxygen atoms in total. The maximum absolute atomic E-state index is 12.9. The molecule has 4 aliphatic rings. The highest BCUT2D eigenvalue weighted by molar-refractivity contribution is 6.74. The van der Waals surface area contributed by atoms with Gasteiger partial charge in [-0.2, -0.15) is 0 Å². The van der Waals surface area contributed by atoms with Crippen molar-refractivity contribution < 1.29 is 28.5 Å². The van der Waals surface area contributed by atoms with Crippen LogP contribution in [0.25, 0.3) is 0 Å². The lowest BCUT2D eigenvalue weighted by Crippen LogP contribution is -2.72. The molecule has 1 spiro atoms. The standard InChI is InChI=1S/C25H37NO6Si/c1-23(2,3)33(6,7)32-17-10-11-25-18(26(4)22(28)31-25)14-15-8-9-16(29-5)20-19(15)24(25,12-13-27)21(17)30-20/h8-9,17-18,21,27H,10-14H2,1-7H3/t17-,18+,21+,24+,25-/m0/s1. The fraction of sp³-hybridized carbons (Fsp3) is 0.720. The van der Waals surface area contributed by atoms with E-state index in [0.29, 0.717) is 25.0 Å². The van der Waals surface area contributed by atoms with E-state index in [-0.39, 0.29) is 36.0 Å². The van der Waals surface area contributed by atoms with Crippen molar-refractivity contribution in [3.05, 3.63) is 23.3 Å². The first-order valence-corrected chi connectivity index (χ1v) is 15.0. The first kappa shape index (κ1) is 23.0. The second-order valence-corrected chi connectivity index (χ2v) is 16.4. The molecule has 2 heterocycles. The van der Waals surface area contributed by atoms with Crippen molar-refractivity contribution in [1.29, 1.82) is 0 Å². The van der Waals surface area contributed by atoms with Crippen LogP contribution in [-0.2, 0) is 21.0 Å². The van der Waals surface area contributed by atoms with Gasteiger partial charge in [-0.15, -0.1) is 0 Å². The highest BCUT2D eigenvalue weighted by Gasteiger charge is 2.76. The summed E-state index contributed by atoms with van der Waals surface area (Å²) in [6.45, 7) is 11.2. The lowest BCUT2D eigenvalue weighted by atomic mass is 9.50. The summed E-state index contributed by atoms with van der Waals surface area (Å²) < 4.78 is 25.8. The zero-order valence-electron chi connectivity index (χ0n) is 20.9. The highest BCUT2D eigenvalue weighted by atomic mass is 28.4. The zero-order valence-corrected chi connectivity index (χ0v) is 21.9. The number of rotatable bonds is 5. The number of ether oxygens (including phenoxy) is 3. The molecule has 2 aliphatic carbocycles. The molecule has 0 unspecified atom stereocenters. The molecule has 2 aliphatic heterocycles. The second kappa shape index (κ2) is 7.12. The number of carbonyl (C=O) groups excluding carboxylic acids is 1. The van der Waals surface area contributed by atoms with Gasteiger partial charge in [-0.3, -0.25) is 0 Å². The van der Waals surface area contributed by atoms with Crippen LogP contribution < -0.4 is 9.47 Å². The third kappa shape index (κ3) is 2.77. The summed E-state index contributed by atoms with van der Waals surface area (Å²) in [5.41, 5.74) is 0.740. The number of aliphatic hydroxyl groups is 1. The summed E-state index contributed by atoms with van der Waals surface area (Å²) in [6, 6.07) is 3.93. The number of methoxy groups -OCH3 is 1. The van der Waals surface area contributed by atoms with Gasteiger partial charge in [0.1, 0.15) is 11.7 Å². The summed E-state index contributed by atoms with van der Waals surface area (Å²) in [5.74, 6) is 1.40. The van der Waals surface area contributed by atoms with Gasteiger partial charge in [0.2, 0.25) is 0 Å². The average molecular weight is 476 g/mol. The van der Waals surface area contributed by atoms with Gasteiger partial charge in [-0.1, -0.05) is 26.8 Å². The Kier molecular flexibility index (Phi) is 4.96. The number of aliphatic hydroxyl groups excluding tert-OH is 1. The molecule has 182 valence electrons. The van der Waals surface area contributed by atoms with Gasteiger partial charge >= 0.3 is 6.09 Å². The molecular weight excluding hydrogens is 438 g/mol. The quantitative estimate of drug-likeness (QED) is 0.649. The highest BCUT2D eigenvalue weighted by Crippen LogP contribution is 2.67. The van der Waals surface area contributed by atoms with Gasteiger partial charge in [0.05, 0.1) is 24.7 Å². The lowest BCUT2D eigenvalue weighted by Gasteiger charge is -2.58. The van der Waals surface area contributed by atoms with Crippen molar-refractivity contribution >= 4 is 14.4 Å². The normalized spacial score (nSPS) is 34.5. The number of likely N-dealkylation sites (N-methyl/N-ethyl adjacent to an activating group) is 1. The Bertz CT molecular complexity index is 990. The Morgan fingerprint density at radius 3 is 2.67 bits per heavy atom. The number of hydrogen-bond acceptors (Lipinski definition) is 6. The summed E-state index contributed by atoms with van der Waals surface area (Å²) in [4.78, 5) is 14.7. The molecule has 0 radical (unpaired) electrons. The van der Waals surface area contributed by atoms with E-state index in [1.54, 1.807) is 12.0 Å². The fourth-order valence-electron chi connectivity index (χ4n) is 6.67. The van der Waals surface area contributed by atoms with Crippen LogP contribution in [0, 0.1) is 0 Å². The molecule has 1 aromatic carbocycles. The molecule has 5 atom stereocenters. The number of benzene rings is 1. The molecular formula is C25H37NO6Si. The van der Waals surface area contributed by atoms with Gasteiger partial charge in [-0.05, 0) is 55.4 Å². The van der Waals surface area contributed by atoms with E-state index in [9.17, 15) is 9.90 Å². The number of amides is 1. The first-order chi connectivity index (χ1) is 15.4. The summed E-state index contributed by atoms with van der Waals surface area (Å²) >= 11 is 0. The fourth-order valence-corrected chi connectivity index (χ4v) is 8.02. The molecule has 1 aromatic rings. The van der Waals surface area contributed by atoms with E-state index < -0.39 is 19.3 Å². The van der Waals surface area contributed by atoms with Crippen molar-refractivity contribution in [2.45, 2.75) is 93.9 Å². The SMILES string of the molecule is COc1ccc2c3c1O[C@@H]1[C@@H](O[Si](C)(C)C(C)(C)C)CC[C@@]4(OC(=O)N(C)[C@@H]4C2)[C@]31CCO. The minimum Gasteiger partial charge on any atom is -0.493 e. The molecule has 1 amide bonds. The third-order valence-corrected chi connectivity index (χ3v) is 13.7. The third-order valence-electron chi connectivity index (χ3n) is 9.23. The molecule has 0 aromatic heterocycles. The average Bonchev–Trinajstić information content (AvgIpc) is 3.21. The van der Waals surface area contributed by atoms with Crippen molar-refractivity contribution in [1.82, 2.24) is 4.90 Å². The lowest BCUT2D eigenvalue weighted by molar-refractivity contribution is -0.149. The number of nitrogens with zero attached hydrogens (tertiary/aromatic N) is 1. The van der Waals surface area contributed by atoms with E-state index in [1.165, 1.54) is 0 Å². The molecule has 0 bridgehead atoms. The van der Waals surface area contributed by atoms with Gasteiger partial charge < -0.3 is 28.6 Å². The van der Waals surface area contributed by atoms with E-state index in [0.717, 1.165) is 23.3 Å². The summed E-state index contributed by atoms with van der Waals surface area (Å²) in [6.07, 6.45) is 1.76. The summed E-state index contributed by atoms with van der Waals surface area (Å²) in [7, 11) is 1.37. The summed E-state index contributed by atoms with van der Waals surface area (Å²) in [5, 5.41) is 10.4. The van der Waals surface area contributed by atoms with E-state index in [2.05, 4.69) is 39.9 Å². The van der Waals surface area contributed by atoms with Gasteiger partial charge in [0.15, 0.2) is 19.8 Å². The topological polar surface area (TPSA) is 77.5 Å². The molecule has 5 rings (SSSR count). The Morgan fingerprint density at radius 1 is 1.30 bits per heavy atom. The van der Waals surface area contributed by atoms with Crippen LogP contribution in [0.5, 0.6) is 11.5 Å². The van der Waals surface area contributed by atoms with Crippen molar-refractivity contribution in [3.8, 4) is 11.5 Å². The Labute approximate surface area is 197 Å². The minimum absolute atomic E-state index is 0.0293. The predicted octanol–water partition coefficient (Wildman–Crippen LogP) is 4.01. The van der Waals surface area contributed by atoms with Gasteiger partial charge in [0.25, 0.3) is 0 Å². The monoisotopic (exact) mass is 475 g/mol. The molecule has 1 saturated heterocycles. The van der Waals surface area contributed by atoms with E-state index >= 15 is 0 Å². The number of hydrogen-bond donors (Lipinski definition) is 1. The van der Waals surface area contributed by atoms with Crippen LogP contribution in [0.1, 0.15) is 51.2 Å². The van der Waals surface area contributed by atoms with Crippen LogP contribution in [0.4, 0.5) is 4.79 Å². The first-order valence-electron chi connectivity index (χ1n) is 12.0. The maximum atomic E-state index is 12.9.